The van der Waals surface area contributed by atoms with Crippen LogP contribution in [0.4, 0.5) is 4.79 Å². The van der Waals surface area contributed by atoms with Crippen LogP contribution in [0.2, 0.25) is 0 Å². The lowest BCUT2D eigenvalue weighted by atomic mass is 9.84. The summed E-state index contributed by atoms with van der Waals surface area (Å²) in [5, 5.41) is 5.53. The number of rotatable bonds is 5. The van der Waals surface area contributed by atoms with Gasteiger partial charge in [-0.1, -0.05) is 31.0 Å². The average molecular weight is 401 g/mol. The van der Waals surface area contributed by atoms with E-state index in [4.69, 9.17) is 9.47 Å². The average Bonchev–Trinajstić information content (AvgIpc) is 3.30. The fourth-order valence-electron chi connectivity index (χ4n) is 4.18. The van der Waals surface area contributed by atoms with Gasteiger partial charge in [0.2, 0.25) is 0 Å². The van der Waals surface area contributed by atoms with E-state index >= 15 is 0 Å². The molecule has 1 aromatic rings. The summed E-state index contributed by atoms with van der Waals surface area (Å²) in [5.41, 5.74) is -0.678. The van der Waals surface area contributed by atoms with Crippen molar-refractivity contribution in [1.29, 1.82) is 0 Å². The summed E-state index contributed by atoms with van der Waals surface area (Å²) in [6.45, 7) is -0.713. The van der Waals surface area contributed by atoms with E-state index in [-0.39, 0.29) is 25.0 Å². The number of amides is 4. The Balaban J connectivity index is 1.37. The number of nitrogens with zero attached hydrogens (tertiary/aromatic N) is 1. The highest BCUT2D eigenvalue weighted by Gasteiger charge is 2.55. The third-order valence-electron chi connectivity index (χ3n) is 5.63. The number of ether oxygens (including phenoxy) is 2. The molecular formula is C20H23N3O6. The molecule has 2 N–H and O–H groups in total. The Morgan fingerprint density at radius 2 is 2.00 bits per heavy atom. The van der Waals surface area contributed by atoms with Crippen molar-refractivity contribution in [2.24, 2.45) is 0 Å². The summed E-state index contributed by atoms with van der Waals surface area (Å²) in [7, 11) is 0. The number of hydrogen-bond donors (Lipinski definition) is 2. The first-order valence-corrected chi connectivity index (χ1v) is 9.81. The summed E-state index contributed by atoms with van der Waals surface area (Å²) in [6, 6.07) is 6.45. The van der Waals surface area contributed by atoms with Gasteiger partial charge in [-0.25, -0.2) is 4.79 Å². The molecule has 3 aliphatic rings. The van der Waals surface area contributed by atoms with E-state index in [0.29, 0.717) is 11.3 Å². The van der Waals surface area contributed by atoms with Crippen LogP contribution in [0.5, 0.6) is 5.75 Å². The van der Waals surface area contributed by atoms with Crippen molar-refractivity contribution in [2.45, 2.75) is 43.7 Å². The second-order valence-electron chi connectivity index (χ2n) is 7.53. The number of esters is 1. The van der Waals surface area contributed by atoms with Gasteiger partial charge in [0.05, 0.1) is 6.61 Å². The van der Waals surface area contributed by atoms with Crippen molar-refractivity contribution < 1.29 is 28.7 Å². The number of fused-ring (bicyclic) bond motifs is 2. The largest absolute Gasteiger partial charge is 0.493 e. The number of urea groups is 1. The van der Waals surface area contributed by atoms with Crippen LogP contribution in [0, 0.1) is 0 Å². The molecule has 1 saturated heterocycles. The van der Waals surface area contributed by atoms with E-state index in [1.807, 2.05) is 0 Å². The molecule has 1 spiro atoms. The zero-order chi connectivity index (χ0) is 20.4. The van der Waals surface area contributed by atoms with Gasteiger partial charge in [0.15, 0.2) is 12.1 Å². The Labute approximate surface area is 167 Å². The minimum Gasteiger partial charge on any atom is -0.493 e. The molecule has 2 aliphatic heterocycles. The summed E-state index contributed by atoms with van der Waals surface area (Å²) in [4.78, 5) is 50.4. The van der Waals surface area contributed by atoms with Crippen LogP contribution in [0.3, 0.4) is 0 Å². The SMILES string of the molecule is O=C(COC(=O)CN1C(=O)N[C@]2(CCOc3ccccc32)C1=O)NC1CCCC1. The summed E-state index contributed by atoms with van der Waals surface area (Å²) >= 11 is 0. The first-order chi connectivity index (χ1) is 14.0. The molecule has 4 rings (SSSR count). The second-order valence-corrected chi connectivity index (χ2v) is 7.53. The Hall–Kier alpha value is -3.10. The number of imide groups is 1. The molecule has 9 heteroatoms. The highest BCUT2D eigenvalue weighted by Crippen LogP contribution is 2.40. The Bertz CT molecular complexity index is 850. The van der Waals surface area contributed by atoms with Crippen LogP contribution >= 0.6 is 0 Å². The third kappa shape index (κ3) is 3.64. The van der Waals surface area contributed by atoms with Crippen molar-refractivity contribution in [1.82, 2.24) is 15.5 Å². The van der Waals surface area contributed by atoms with Crippen LogP contribution in [0.15, 0.2) is 24.3 Å². The highest BCUT2D eigenvalue weighted by molar-refractivity contribution is 6.09. The zero-order valence-electron chi connectivity index (χ0n) is 15.9. The van der Waals surface area contributed by atoms with Gasteiger partial charge in [-0.2, -0.15) is 0 Å². The molecule has 0 radical (unpaired) electrons. The van der Waals surface area contributed by atoms with Crippen molar-refractivity contribution in [3.63, 3.8) is 0 Å². The monoisotopic (exact) mass is 401 g/mol. The van der Waals surface area contributed by atoms with Crippen molar-refractivity contribution in [3.8, 4) is 5.75 Å². The topological polar surface area (TPSA) is 114 Å². The fourth-order valence-corrected chi connectivity index (χ4v) is 4.18. The quantitative estimate of drug-likeness (QED) is 0.558. The van der Waals surface area contributed by atoms with E-state index in [2.05, 4.69) is 10.6 Å². The molecule has 9 nitrogen and oxygen atoms in total. The van der Waals surface area contributed by atoms with Crippen LogP contribution in [-0.4, -0.2) is 54.5 Å². The Morgan fingerprint density at radius 3 is 2.79 bits per heavy atom. The molecule has 1 aliphatic carbocycles. The summed E-state index contributed by atoms with van der Waals surface area (Å²) in [5.74, 6) is -1.18. The van der Waals surface area contributed by atoms with Gasteiger partial charge in [0.1, 0.15) is 12.3 Å². The molecule has 2 heterocycles. The van der Waals surface area contributed by atoms with E-state index in [1.165, 1.54) is 0 Å². The molecule has 0 aromatic heterocycles. The summed E-state index contributed by atoms with van der Waals surface area (Å²) < 4.78 is 10.5. The van der Waals surface area contributed by atoms with E-state index in [0.717, 1.165) is 30.6 Å². The second kappa shape index (κ2) is 7.73. The van der Waals surface area contributed by atoms with Gasteiger partial charge >= 0.3 is 12.0 Å². The molecule has 0 bridgehead atoms. The van der Waals surface area contributed by atoms with Crippen molar-refractivity contribution in [2.75, 3.05) is 19.8 Å². The Morgan fingerprint density at radius 1 is 1.24 bits per heavy atom. The van der Waals surface area contributed by atoms with Crippen molar-refractivity contribution in [3.05, 3.63) is 29.8 Å². The lowest BCUT2D eigenvalue weighted by Crippen LogP contribution is -2.47. The van der Waals surface area contributed by atoms with Gasteiger partial charge < -0.3 is 20.1 Å². The maximum atomic E-state index is 13.1. The van der Waals surface area contributed by atoms with Gasteiger partial charge in [0.25, 0.3) is 11.8 Å². The molecule has 154 valence electrons. The molecule has 1 aromatic carbocycles. The number of benzene rings is 1. The minimum atomic E-state index is -1.24. The molecule has 0 unspecified atom stereocenters. The van der Waals surface area contributed by atoms with E-state index < -0.39 is 36.6 Å². The number of para-hydroxylation sites is 1. The van der Waals surface area contributed by atoms with Gasteiger partial charge in [0, 0.05) is 18.0 Å². The third-order valence-corrected chi connectivity index (χ3v) is 5.63. The van der Waals surface area contributed by atoms with Crippen LogP contribution < -0.4 is 15.4 Å². The highest BCUT2D eigenvalue weighted by atomic mass is 16.5. The molecular weight excluding hydrogens is 378 g/mol. The van der Waals surface area contributed by atoms with Gasteiger partial charge in [-0.3, -0.25) is 19.3 Å². The zero-order valence-corrected chi connectivity index (χ0v) is 15.9. The molecule has 1 atom stereocenters. The fraction of sp³-hybridized carbons (Fsp3) is 0.500. The predicted molar refractivity (Wildman–Crippen MR) is 99.8 cm³/mol. The van der Waals surface area contributed by atoms with Crippen LogP contribution in [-0.2, 0) is 24.7 Å². The number of carbonyl (C=O) groups excluding carboxylic acids is 4. The summed E-state index contributed by atoms with van der Waals surface area (Å²) in [6.07, 6.45) is 4.27. The maximum Gasteiger partial charge on any atom is 0.326 e. The van der Waals surface area contributed by atoms with Gasteiger partial charge in [-0.15, -0.1) is 0 Å². The Kier molecular flexibility index (Phi) is 5.12. The number of nitrogens with one attached hydrogen (secondary N) is 2. The van der Waals surface area contributed by atoms with Crippen molar-refractivity contribution >= 4 is 23.8 Å². The first-order valence-electron chi connectivity index (χ1n) is 9.81. The van der Waals surface area contributed by atoms with Crippen LogP contribution in [0.25, 0.3) is 0 Å². The number of carbonyl (C=O) groups is 4. The molecule has 29 heavy (non-hydrogen) atoms. The van der Waals surface area contributed by atoms with Gasteiger partial charge in [-0.05, 0) is 18.9 Å². The maximum absolute atomic E-state index is 13.1. The standard InChI is InChI=1S/C20H23N3O6/c24-16(21-13-5-1-2-6-13)12-29-17(25)11-23-18(26)20(22-19(23)27)9-10-28-15-8-4-3-7-14(15)20/h3-4,7-8,13H,1-2,5-6,9-12H2,(H,21,24)(H,22,27)/t20-/m0/s1. The molecule has 1 saturated carbocycles. The predicted octanol–water partition coefficient (Wildman–Crippen LogP) is 0.818. The normalized spacial score (nSPS) is 23.5. The number of hydrogen-bond acceptors (Lipinski definition) is 6. The molecule has 2 fully saturated rings. The van der Waals surface area contributed by atoms with Crippen LogP contribution in [0.1, 0.15) is 37.7 Å². The minimum absolute atomic E-state index is 0.126. The smallest absolute Gasteiger partial charge is 0.326 e. The van der Waals surface area contributed by atoms with E-state index in [1.54, 1.807) is 24.3 Å². The lowest BCUT2D eigenvalue weighted by Gasteiger charge is -2.33. The lowest BCUT2D eigenvalue weighted by molar-refractivity contribution is -0.151. The van der Waals surface area contributed by atoms with E-state index in [9.17, 15) is 19.2 Å². The first kappa shape index (κ1) is 19.2. The molecule has 4 amide bonds.